The molecule has 8 heteroatoms. The highest BCUT2D eigenvalue weighted by molar-refractivity contribution is 6.30. The molecule has 1 saturated heterocycles. The fraction of sp³-hybridized carbons (Fsp3) is 0.367. The number of rotatable bonds is 7. The van der Waals surface area contributed by atoms with Gasteiger partial charge in [0.1, 0.15) is 5.82 Å². The molecule has 2 heterocycles. The Morgan fingerprint density at radius 1 is 1.05 bits per heavy atom. The van der Waals surface area contributed by atoms with Gasteiger partial charge in [-0.15, -0.1) is 0 Å². The molecule has 5 nitrogen and oxygen atoms in total. The SMILES string of the molecule is CCC(c1ccc(Cl)cc1)N1C(=O)c2cc(C(O)C3CCOCC3)cc(F)c2C1(OC)c1ccc(Cl)cc1. The lowest BCUT2D eigenvalue weighted by Crippen LogP contribution is -2.48. The molecule has 38 heavy (non-hydrogen) atoms. The van der Waals surface area contributed by atoms with Crippen molar-refractivity contribution in [3.05, 3.63) is 104 Å². The highest BCUT2D eigenvalue weighted by Gasteiger charge is 2.56. The van der Waals surface area contributed by atoms with Crippen molar-refractivity contribution in [2.45, 2.75) is 44.1 Å². The fourth-order valence-electron chi connectivity index (χ4n) is 5.90. The van der Waals surface area contributed by atoms with Crippen LogP contribution in [0.1, 0.15) is 70.9 Å². The molecule has 0 aliphatic carbocycles. The van der Waals surface area contributed by atoms with Crippen molar-refractivity contribution in [1.29, 1.82) is 0 Å². The summed E-state index contributed by atoms with van der Waals surface area (Å²) in [4.78, 5) is 15.9. The Labute approximate surface area is 232 Å². The Hall–Kier alpha value is -2.48. The topological polar surface area (TPSA) is 59.0 Å². The van der Waals surface area contributed by atoms with Crippen molar-refractivity contribution in [3.8, 4) is 0 Å². The van der Waals surface area contributed by atoms with Crippen molar-refractivity contribution in [1.82, 2.24) is 4.90 Å². The lowest BCUT2D eigenvalue weighted by molar-refractivity contribution is -0.103. The predicted molar refractivity (Wildman–Crippen MR) is 145 cm³/mol. The van der Waals surface area contributed by atoms with E-state index in [1.807, 2.05) is 19.1 Å². The second kappa shape index (κ2) is 10.9. The van der Waals surface area contributed by atoms with Crippen molar-refractivity contribution in [3.63, 3.8) is 0 Å². The third-order valence-corrected chi connectivity index (χ3v) is 8.28. The average Bonchev–Trinajstić information content (AvgIpc) is 3.19. The number of halogens is 3. The Balaban J connectivity index is 1.70. The van der Waals surface area contributed by atoms with E-state index in [4.69, 9.17) is 32.7 Å². The molecule has 0 saturated carbocycles. The van der Waals surface area contributed by atoms with Crippen molar-refractivity contribution in [2.75, 3.05) is 20.3 Å². The Bertz CT molecular complexity index is 1310. The number of methoxy groups -OCH3 is 1. The van der Waals surface area contributed by atoms with Gasteiger partial charge in [-0.05, 0) is 72.7 Å². The van der Waals surface area contributed by atoms with Gasteiger partial charge in [0.25, 0.3) is 5.91 Å². The molecule has 1 fully saturated rings. The van der Waals surface area contributed by atoms with Crippen LogP contribution in [0.5, 0.6) is 0 Å². The number of hydrogen-bond donors (Lipinski definition) is 1. The summed E-state index contributed by atoms with van der Waals surface area (Å²) in [7, 11) is 1.47. The third-order valence-electron chi connectivity index (χ3n) is 7.78. The maximum absolute atomic E-state index is 16.3. The van der Waals surface area contributed by atoms with Crippen LogP contribution in [0.15, 0.2) is 60.7 Å². The van der Waals surface area contributed by atoms with Gasteiger partial charge < -0.3 is 14.6 Å². The van der Waals surface area contributed by atoms with Crippen LogP contribution in [0.2, 0.25) is 10.0 Å². The van der Waals surface area contributed by atoms with E-state index in [-0.39, 0.29) is 23.0 Å². The second-order valence-electron chi connectivity index (χ2n) is 9.83. The number of carbonyl (C=O) groups is 1. The highest BCUT2D eigenvalue weighted by Crippen LogP contribution is 2.51. The van der Waals surface area contributed by atoms with E-state index in [0.717, 1.165) is 5.56 Å². The van der Waals surface area contributed by atoms with E-state index in [9.17, 15) is 9.90 Å². The lowest BCUT2D eigenvalue weighted by Gasteiger charge is -2.43. The van der Waals surface area contributed by atoms with Crippen LogP contribution in [0.25, 0.3) is 0 Å². The molecule has 3 atom stereocenters. The van der Waals surface area contributed by atoms with E-state index < -0.39 is 23.7 Å². The monoisotopic (exact) mass is 557 g/mol. The van der Waals surface area contributed by atoms with Gasteiger partial charge in [0.2, 0.25) is 0 Å². The van der Waals surface area contributed by atoms with Crippen LogP contribution in [-0.2, 0) is 15.2 Å². The number of fused-ring (bicyclic) bond motifs is 1. The summed E-state index contributed by atoms with van der Waals surface area (Å²) < 4.78 is 27.9. The van der Waals surface area contributed by atoms with Crippen LogP contribution in [0.3, 0.4) is 0 Å². The van der Waals surface area contributed by atoms with E-state index in [1.54, 1.807) is 47.4 Å². The molecule has 200 valence electrons. The van der Waals surface area contributed by atoms with Crippen molar-refractivity contribution in [2.24, 2.45) is 5.92 Å². The van der Waals surface area contributed by atoms with E-state index in [2.05, 4.69) is 0 Å². The quantitative estimate of drug-likeness (QED) is 0.338. The van der Waals surface area contributed by atoms with E-state index in [1.165, 1.54) is 13.2 Å². The maximum atomic E-state index is 16.3. The Kier molecular flexibility index (Phi) is 7.81. The van der Waals surface area contributed by atoms with Gasteiger partial charge in [0.05, 0.1) is 23.3 Å². The maximum Gasteiger partial charge on any atom is 0.257 e. The fourth-order valence-corrected chi connectivity index (χ4v) is 6.15. The van der Waals surface area contributed by atoms with Crippen LogP contribution in [0, 0.1) is 11.7 Å². The van der Waals surface area contributed by atoms with Crippen molar-refractivity contribution >= 4 is 29.1 Å². The number of nitrogens with zero attached hydrogens (tertiary/aromatic N) is 1. The summed E-state index contributed by atoms with van der Waals surface area (Å²) in [6.45, 7) is 3.06. The molecule has 3 aromatic carbocycles. The van der Waals surface area contributed by atoms with Crippen LogP contribution < -0.4 is 0 Å². The number of carbonyl (C=O) groups excluding carboxylic acids is 1. The smallest absolute Gasteiger partial charge is 0.257 e. The van der Waals surface area contributed by atoms with Gasteiger partial charge in [-0.1, -0.05) is 54.4 Å². The highest BCUT2D eigenvalue weighted by atomic mass is 35.5. The number of ether oxygens (including phenoxy) is 2. The van der Waals surface area contributed by atoms with Crippen LogP contribution in [-0.4, -0.2) is 36.2 Å². The summed E-state index contributed by atoms with van der Waals surface area (Å²) in [6.07, 6.45) is 0.966. The molecule has 1 amide bonds. The summed E-state index contributed by atoms with van der Waals surface area (Å²) in [5.41, 5.74) is 0.544. The zero-order valence-corrected chi connectivity index (χ0v) is 22.8. The number of aliphatic hydroxyl groups excluding tert-OH is 1. The minimum absolute atomic E-state index is 0.0743. The van der Waals surface area contributed by atoms with E-state index in [0.29, 0.717) is 53.6 Å². The average molecular weight is 558 g/mol. The summed E-state index contributed by atoms with van der Waals surface area (Å²) in [5, 5.41) is 12.2. The van der Waals surface area contributed by atoms with Crippen molar-refractivity contribution < 1.29 is 23.8 Å². The molecular weight excluding hydrogens is 528 g/mol. The number of aliphatic hydroxyl groups is 1. The Morgan fingerprint density at radius 2 is 1.66 bits per heavy atom. The van der Waals surface area contributed by atoms with Gasteiger partial charge in [-0.2, -0.15) is 0 Å². The molecular formula is C30H30Cl2FNO4. The van der Waals surface area contributed by atoms with Gasteiger partial charge in [0.15, 0.2) is 5.72 Å². The van der Waals surface area contributed by atoms with Crippen LogP contribution >= 0.6 is 23.2 Å². The summed E-state index contributed by atoms with van der Waals surface area (Å²) in [6, 6.07) is 16.7. The minimum Gasteiger partial charge on any atom is -0.388 e. The molecule has 0 radical (unpaired) electrons. The van der Waals surface area contributed by atoms with Gasteiger partial charge in [-0.3, -0.25) is 9.69 Å². The lowest BCUT2D eigenvalue weighted by atomic mass is 9.86. The van der Waals surface area contributed by atoms with E-state index >= 15 is 4.39 Å². The molecule has 3 aromatic rings. The molecule has 5 rings (SSSR count). The normalized spacial score (nSPS) is 21.4. The first kappa shape index (κ1) is 27.1. The number of hydrogen-bond acceptors (Lipinski definition) is 4. The number of amides is 1. The molecule has 3 unspecified atom stereocenters. The van der Waals surface area contributed by atoms with Crippen LogP contribution in [0.4, 0.5) is 4.39 Å². The molecule has 1 N–H and O–H groups in total. The third kappa shape index (κ3) is 4.52. The van der Waals surface area contributed by atoms with Gasteiger partial charge in [0, 0.05) is 35.9 Å². The summed E-state index contributed by atoms with van der Waals surface area (Å²) >= 11 is 12.3. The Morgan fingerprint density at radius 3 is 2.24 bits per heavy atom. The molecule has 0 bridgehead atoms. The first-order valence-corrected chi connectivity index (χ1v) is 13.6. The summed E-state index contributed by atoms with van der Waals surface area (Å²) in [5.74, 6) is -1.06. The molecule has 2 aliphatic rings. The van der Waals surface area contributed by atoms with Gasteiger partial charge in [-0.25, -0.2) is 4.39 Å². The largest absolute Gasteiger partial charge is 0.388 e. The zero-order valence-electron chi connectivity index (χ0n) is 21.3. The number of benzene rings is 3. The molecule has 0 aromatic heterocycles. The van der Waals surface area contributed by atoms with Gasteiger partial charge >= 0.3 is 0 Å². The minimum atomic E-state index is -1.55. The zero-order chi connectivity index (χ0) is 27.0. The second-order valence-corrected chi connectivity index (χ2v) is 10.7. The molecule has 2 aliphatic heterocycles. The first-order valence-electron chi connectivity index (χ1n) is 12.8. The predicted octanol–water partition coefficient (Wildman–Crippen LogP) is 7.05. The standard InChI is InChI=1S/C30H30Cl2FNO4/c1-3-26(18-4-8-22(31)9-5-18)34-29(36)24-16-20(28(35)19-12-14-38-15-13-19)17-25(33)27(24)30(34,37-2)21-6-10-23(32)11-7-21/h4-11,16-17,19,26,28,35H,3,12-15H2,1-2H3. The first-order chi connectivity index (χ1) is 18.3. The molecule has 0 spiro atoms.